The molecule has 1 aliphatic heterocycles. The number of halogens is 1. The van der Waals surface area contributed by atoms with Crippen molar-refractivity contribution in [2.24, 2.45) is 0 Å². The highest BCUT2D eigenvalue weighted by Crippen LogP contribution is 2.21. The zero-order valence-electron chi connectivity index (χ0n) is 9.93. The van der Waals surface area contributed by atoms with Gasteiger partial charge >= 0.3 is 0 Å². The van der Waals surface area contributed by atoms with Crippen LogP contribution in [0.15, 0.2) is 24.3 Å². The second-order valence-electron chi connectivity index (χ2n) is 4.45. The SMILES string of the molecule is CN1CCN(c2ccc(F)cc2)C(CC#N)C1. The van der Waals surface area contributed by atoms with Crippen LogP contribution in [0.3, 0.4) is 0 Å². The first kappa shape index (κ1) is 11.9. The van der Waals surface area contributed by atoms with Crippen LogP contribution in [0.5, 0.6) is 0 Å². The number of nitriles is 1. The molecular weight excluding hydrogens is 217 g/mol. The molecule has 0 amide bonds. The van der Waals surface area contributed by atoms with Crippen LogP contribution >= 0.6 is 0 Å². The van der Waals surface area contributed by atoms with Crippen LogP contribution in [0.4, 0.5) is 10.1 Å². The van der Waals surface area contributed by atoms with Crippen LogP contribution in [-0.4, -0.2) is 37.6 Å². The second-order valence-corrected chi connectivity index (χ2v) is 4.45. The maximum Gasteiger partial charge on any atom is 0.123 e. The van der Waals surface area contributed by atoms with Gasteiger partial charge in [0.2, 0.25) is 0 Å². The van der Waals surface area contributed by atoms with Gasteiger partial charge in [-0.1, -0.05) is 0 Å². The lowest BCUT2D eigenvalue weighted by atomic mass is 10.1. The fraction of sp³-hybridized carbons (Fsp3) is 0.462. The number of benzene rings is 1. The lowest BCUT2D eigenvalue weighted by Crippen LogP contribution is -2.51. The predicted molar refractivity (Wildman–Crippen MR) is 65.3 cm³/mol. The van der Waals surface area contributed by atoms with Gasteiger partial charge in [0.25, 0.3) is 0 Å². The van der Waals surface area contributed by atoms with Gasteiger partial charge in [0.05, 0.1) is 18.5 Å². The molecule has 2 rings (SSSR count). The Morgan fingerprint density at radius 3 is 2.71 bits per heavy atom. The molecule has 1 fully saturated rings. The summed E-state index contributed by atoms with van der Waals surface area (Å²) < 4.78 is 12.9. The summed E-state index contributed by atoms with van der Waals surface area (Å²) in [6, 6.07) is 8.93. The quantitative estimate of drug-likeness (QED) is 0.781. The van der Waals surface area contributed by atoms with E-state index < -0.39 is 0 Å². The standard InChI is InChI=1S/C13H16FN3/c1-16-8-9-17(13(10-16)6-7-15)12-4-2-11(14)3-5-12/h2-5,13H,6,8-10H2,1H3. The summed E-state index contributed by atoms with van der Waals surface area (Å²) in [7, 11) is 2.06. The summed E-state index contributed by atoms with van der Waals surface area (Å²) in [5.41, 5.74) is 1.000. The van der Waals surface area contributed by atoms with Crippen molar-refractivity contribution in [3.63, 3.8) is 0 Å². The molecule has 1 aromatic rings. The molecule has 0 aromatic heterocycles. The van der Waals surface area contributed by atoms with E-state index in [1.54, 1.807) is 12.1 Å². The maximum atomic E-state index is 12.9. The van der Waals surface area contributed by atoms with Gasteiger partial charge in [-0.15, -0.1) is 0 Å². The van der Waals surface area contributed by atoms with Gasteiger partial charge in [-0.05, 0) is 31.3 Å². The number of hydrogen-bond acceptors (Lipinski definition) is 3. The fourth-order valence-corrected chi connectivity index (χ4v) is 2.26. The van der Waals surface area contributed by atoms with Gasteiger partial charge in [0.15, 0.2) is 0 Å². The molecule has 1 atom stereocenters. The van der Waals surface area contributed by atoms with E-state index in [0.29, 0.717) is 6.42 Å². The van der Waals surface area contributed by atoms with Crippen LogP contribution in [0, 0.1) is 17.1 Å². The number of anilines is 1. The van der Waals surface area contributed by atoms with Crippen LogP contribution in [0.1, 0.15) is 6.42 Å². The van der Waals surface area contributed by atoms with Crippen LogP contribution in [0.25, 0.3) is 0 Å². The predicted octanol–water partition coefficient (Wildman–Crippen LogP) is 1.86. The molecule has 0 N–H and O–H groups in total. The van der Waals surface area contributed by atoms with Crippen molar-refractivity contribution < 1.29 is 4.39 Å². The number of rotatable bonds is 2. The lowest BCUT2D eigenvalue weighted by molar-refractivity contribution is 0.268. The van der Waals surface area contributed by atoms with Gasteiger partial charge in [-0.2, -0.15) is 5.26 Å². The summed E-state index contributed by atoms with van der Waals surface area (Å²) in [6.45, 7) is 2.73. The molecule has 1 unspecified atom stereocenters. The van der Waals surface area contributed by atoms with E-state index in [-0.39, 0.29) is 11.9 Å². The van der Waals surface area contributed by atoms with Crippen molar-refractivity contribution in [1.82, 2.24) is 4.90 Å². The monoisotopic (exact) mass is 233 g/mol. The average Bonchev–Trinajstić information content (AvgIpc) is 2.31. The highest BCUT2D eigenvalue weighted by Gasteiger charge is 2.25. The van der Waals surface area contributed by atoms with Crippen molar-refractivity contribution in [2.75, 3.05) is 31.6 Å². The van der Waals surface area contributed by atoms with Gasteiger partial charge in [-0.25, -0.2) is 4.39 Å². The van der Waals surface area contributed by atoms with Crippen LogP contribution in [-0.2, 0) is 0 Å². The Hall–Kier alpha value is -1.60. The molecule has 3 nitrogen and oxygen atoms in total. The van der Waals surface area contributed by atoms with E-state index in [0.717, 1.165) is 25.3 Å². The molecule has 17 heavy (non-hydrogen) atoms. The van der Waals surface area contributed by atoms with E-state index in [2.05, 4.69) is 22.9 Å². The third kappa shape index (κ3) is 2.75. The summed E-state index contributed by atoms with van der Waals surface area (Å²) in [4.78, 5) is 4.42. The molecule has 1 heterocycles. The van der Waals surface area contributed by atoms with E-state index in [9.17, 15) is 4.39 Å². The van der Waals surface area contributed by atoms with Gasteiger partial charge in [-0.3, -0.25) is 0 Å². The molecule has 0 aliphatic carbocycles. The highest BCUT2D eigenvalue weighted by molar-refractivity contribution is 5.48. The Balaban J connectivity index is 2.17. The molecule has 1 aromatic carbocycles. The molecular formula is C13H16FN3. The van der Waals surface area contributed by atoms with E-state index in [1.165, 1.54) is 12.1 Å². The first-order chi connectivity index (χ1) is 8.20. The zero-order valence-corrected chi connectivity index (χ0v) is 9.93. The Morgan fingerprint density at radius 2 is 2.06 bits per heavy atom. The number of likely N-dealkylation sites (N-methyl/N-ethyl adjacent to an activating group) is 1. The molecule has 0 spiro atoms. The summed E-state index contributed by atoms with van der Waals surface area (Å²) in [5.74, 6) is -0.222. The lowest BCUT2D eigenvalue weighted by Gasteiger charge is -2.40. The summed E-state index contributed by atoms with van der Waals surface area (Å²) in [6.07, 6.45) is 0.502. The Bertz CT molecular complexity index is 410. The highest BCUT2D eigenvalue weighted by atomic mass is 19.1. The average molecular weight is 233 g/mol. The summed E-state index contributed by atoms with van der Waals surface area (Å²) in [5, 5.41) is 8.86. The number of hydrogen-bond donors (Lipinski definition) is 0. The normalized spacial score (nSPS) is 21.2. The first-order valence-corrected chi connectivity index (χ1v) is 5.78. The van der Waals surface area contributed by atoms with Crippen LogP contribution < -0.4 is 4.90 Å². The Kier molecular flexibility index (Phi) is 3.60. The minimum atomic E-state index is -0.222. The van der Waals surface area contributed by atoms with Gasteiger partial charge < -0.3 is 9.80 Å². The zero-order chi connectivity index (χ0) is 12.3. The molecule has 4 heteroatoms. The third-order valence-electron chi connectivity index (χ3n) is 3.17. The Labute approximate surface area is 101 Å². The molecule has 0 radical (unpaired) electrons. The van der Waals surface area contributed by atoms with Crippen molar-refractivity contribution in [3.8, 4) is 6.07 Å². The molecule has 1 aliphatic rings. The third-order valence-corrected chi connectivity index (χ3v) is 3.17. The summed E-state index contributed by atoms with van der Waals surface area (Å²) >= 11 is 0. The van der Waals surface area contributed by atoms with Crippen molar-refractivity contribution in [3.05, 3.63) is 30.1 Å². The number of nitrogens with zero attached hydrogens (tertiary/aromatic N) is 3. The van der Waals surface area contributed by atoms with Crippen molar-refractivity contribution >= 4 is 5.69 Å². The molecule has 1 saturated heterocycles. The smallest absolute Gasteiger partial charge is 0.123 e. The van der Waals surface area contributed by atoms with Gasteiger partial charge in [0, 0.05) is 25.3 Å². The fourth-order valence-electron chi connectivity index (χ4n) is 2.26. The maximum absolute atomic E-state index is 12.9. The molecule has 0 bridgehead atoms. The van der Waals surface area contributed by atoms with E-state index in [4.69, 9.17) is 5.26 Å². The van der Waals surface area contributed by atoms with E-state index >= 15 is 0 Å². The van der Waals surface area contributed by atoms with Crippen molar-refractivity contribution in [1.29, 1.82) is 5.26 Å². The van der Waals surface area contributed by atoms with Crippen LogP contribution in [0.2, 0.25) is 0 Å². The minimum absolute atomic E-state index is 0.198. The number of piperazine rings is 1. The van der Waals surface area contributed by atoms with E-state index in [1.807, 2.05) is 0 Å². The molecule has 0 saturated carbocycles. The minimum Gasteiger partial charge on any atom is -0.365 e. The first-order valence-electron chi connectivity index (χ1n) is 5.78. The second kappa shape index (κ2) is 5.15. The van der Waals surface area contributed by atoms with Gasteiger partial charge in [0.1, 0.15) is 5.82 Å². The largest absolute Gasteiger partial charge is 0.365 e. The Morgan fingerprint density at radius 1 is 1.35 bits per heavy atom. The molecule has 90 valence electrons. The topological polar surface area (TPSA) is 30.3 Å². The van der Waals surface area contributed by atoms with Crippen molar-refractivity contribution in [2.45, 2.75) is 12.5 Å².